The van der Waals surface area contributed by atoms with Crippen molar-refractivity contribution >= 4 is 31.0 Å². The van der Waals surface area contributed by atoms with Gasteiger partial charge in [-0.2, -0.15) is 16.8 Å². The number of rotatable bonds is 2. The van der Waals surface area contributed by atoms with Crippen molar-refractivity contribution in [3.63, 3.8) is 0 Å². The fraction of sp³-hybridized carbons (Fsp3) is 0. The summed E-state index contributed by atoms with van der Waals surface area (Å²) in [5, 5.41) is 9.43. The van der Waals surface area contributed by atoms with Crippen LogP contribution in [0, 0.1) is 0 Å². The van der Waals surface area contributed by atoms with E-state index in [1.54, 1.807) is 0 Å². The van der Waals surface area contributed by atoms with E-state index in [1.165, 1.54) is 12.1 Å². The molecule has 0 saturated carbocycles. The lowest BCUT2D eigenvalue weighted by molar-refractivity contribution is 0.467. The van der Waals surface area contributed by atoms with Gasteiger partial charge in [-0.05, 0) is 23.6 Å². The molecule has 0 fully saturated rings. The van der Waals surface area contributed by atoms with E-state index in [9.17, 15) is 21.9 Å². The third-order valence-corrected chi connectivity index (χ3v) is 4.19. The Morgan fingerprint density at radius 3 is 2.00 bits per heavy atom. The van der Waals surface area contributed by atoms with Crippen molar-refractivity contribution in [3.05, 3.63) is 30.3 Å². The van der Waals surface area contributed by atoms with Gasteiger partial charge in [0.05, 0.1) is 4.90 Å². The van der Waals surface area contributed by atoms with Crippen molar-refractivity contribution in [2.75, 3.05) is 0 Å². The van der Waals surface area contributed by atoms with Gasteiger partial charge in [0.2, 0.25) is 0 Å². The molecule has 7 nitrogen and oxygen atoms in total. The lowest BCUT2D eigenvalue weighted by Gasteiger charge is -2.06. The first-order chi connectivity index (χ1) is 8.59. The predicted molar refractivity (Wildman–Crippen MR) is 65.2 cm³/mol. The lowest BCUT2D eigenvalue weighted by atomic mass is 10.1. The third kappa shape index (κ3) is 2.68. The van der Waals surface area contributed by atoms with E-state index in [-0.39, 0.29) is 10.8 Å². The molecule has 102 valence electrons. The van der Waals surface area contributed by atoms with Crippen LogP contribution >= 0.6 is 0 Å². The Labute approximate surface area is 108 Å². The molecule has 0 radical (unpaired) electrons. The minimum atomic E-state index is -4.65. The smallest absolute Gasteiger partial charge is 0.295 e. The Bertz CT molecular complexity index is 866. The lowest BCUT2D eigenvalue weighted by Crippen LogP contribution is -2.01. The summed E-state index contributed by atoms with van der Waals surface area (Å²) in [6, 6.07) is 5.12. The highest BCUT2D eigenvalue weighted by molar-refractivity contribution is 7.86. The highest BCUT2D eigenvalue weighted by Crippen LogP contribution is 2.29. The van der Waals surface area contributed by atoms with Crippen LogP contribution in [0.5, 0.6) is 5.75 Å². The molecule has 2 aromatic carbocycles. The van der Waals surface area contributed by atoms with Crippen molar-refractivity contribution < 1.29 is 31.0 Å². The highest BCUT2D eigenvalue weighted by atomic mass is 32.2. The number of benzene rings is 2. The van der Waals surface area contributed by atoms with E-state index in [4.69, 9.17) is 9.11 Å². The number of aromatic hydroxyl groups is 1. The van der Waals surface area contributed by atoms with Crippen LogP contribution in [0.1, 0.15) is 0 Å². The van der Waals surface area contributed by atoms with Gasteiger partial charge in [0, 0.05) is 11.5 Å². The van der Waals surface area contributed by atoms with Gasteiger partial charge in [-0.15, -0.1) is 0 Å². The number of phenolic OH excluding ortho intramolecular Hbond substituents is 1. The summed E-state index contributed by atoms with van der Waals surface area (Å²) in [6.07, 6.45) is 0. The van der Waals surface area contributed by atoms with Crippen LogP contribution in [0.2, 0.25) is 0 Å². The Morgan fingerprint density at radius 2 is 1.47 bits per heavy atom. The summed E-state index contributed by atoms with van der Waals surface area (Å²) in [5.41, 5.74) is 0. The summed E-state index contributed by atoms with van der Waals surface area (Å²) >= 11 is 0. The van der Waals surface area contributed by atoms with Gasteiger partial charge >= 0.3 is 0 Å². The van der Waals surface area contributed by atoms with Crippen molar-refractivity contribution in [1.82, 2.24) is 0 Å². The molecule has 0 atom stereocenters. The van der Waals surface area contributed by atoms with E-state index >= 15 is 0 Å². The molecule has 0 bridgehead atoms. The molecule has 0 amide bonds. The van der Waals surface area contributed by atoms with Crippen molar-refractivity contribution in [1.29, 1.82) is 0 Å². The Kier molecular flexibility index (Phi) is 3.01. The van der Waals surface area contributed by atoms with Crippen LogP contribution in [0.25, 0.3) is 10.8 Å². The molecule has 0 aliphatic rings. The maximum atomic E-state index is 11.2. The van der Waals surface area contributed by atoms with Crippen molar-refractivity contribution in [2.24, 2.45) is 0 Å². The molecule has 2 aromatic rings. The molecule has 0 aliphatic heterocycles. The first-order valence-electron chi connectivity index (χ1n) is 4.81. The van der Waals surface area contributed by atoms with Crippen LogP contribution in [0.15, 0.2) is 40.1 Å². The Morgan fingerprint density at radius 1 is 0.842 bits per heavy atom. The second kappa shape index (κ2) is 4.17. The van der Waals surface area contributed by atoms with Gasteiger partial charge in [-0.1, -0.05) is 6.07 Å². The highest BCUT2D eigenvalue weighted by Gasteiger charge is 2.18. The van der Waals surface area contributed by atoms with Crippen LogP contribution in [0.4, 0.5) is 0 Å². The fourth-order valence-corrected chi connectivity index (χ4v) is 2.89. The number of phenols is 1. The SMILES string of the molecule is O=S(=O)(O)c1ccc2cc(O)cc(S(=O)(=O)O)c2c1. The quantitative estimate of drug-likeness (QED) is 0.707. The van der Waals surface area contributed by atoms with Gasteiger partial charge in [0.1, 0.15) is 10.6 Å². The van der Waals surface area contributed by atoms with E-state index in [0.717, 1.165) is 18.2 Å². The molecular weight excluding hydrogens is 296 g/mol. The molecule has 0 saturated heterocycles. The zero-order valence-corrected chi connectivity index (χ0v) is 10.8. The predicted octanol–water partition coefficient (Wildman–Crippen LogP) is 1.04. The maximum Gasteiger partial charge on any atom is 0.295 e. The number of fused-ring (bicyclic) bond motifs is 1. The fourth-order valence-electron chi connectivity index (χ4n) is 1.66. The average molecular weight is 304 g/mol. The van der Waals surface area contributed by atoms with Gasteiger partial charge in [-0.3, -0.25) is 9.11 Å². The number of hydrogen-bond acceptors (Lipinski definition) is 5. The number of hydrogen-bond donors (Lipinski definition) is 3. The Hall–Kier alpha value is -1.68. The first-order valence-corrected chi connectivity index (χ1v) is 7.69. The maximum absolute atomic E-state index is 11.2. The minimum absolute atomic E-state index is 0.129. The zero-order chi connectivity index (χ0) is 14.4. The molecule has 19 heavy (non-hydrogen) atoms. The summed E-state index contributed by atoms with van der Waals surface area (Å²) in [6.45, 7) is 0. The minimum Gasteiger partial charge on any atom is -0.508 e. The zero-order valence-electron chi connectivity index (χ0n) is 9.18. The molecule has 0 spiro atoms. The van der Waals surface area contributed by atoms with Crippen LogP contribution in [0.3, 0.4) is 0 Å². The Balaban J connectivity index is 2.96. The summed E-state index contributed by atoms with van der Waals surface area (Å²) in [7, 11) is -9.16. The summed E-state index contributed by atoms with van der Waals surface area (Å²) < 4.78 is 62.3. The largest absolute Gasteiger partial charge is 0.508 e. The van der Waals surface area contributed by atoms with E-state index in [0.29, 0.717) is 0 Å². The topological polar surface area (TPSA) is 129 Å². The normalized spacial score (nSPS) is 12.7. The molecule has 0 aliphatic carbocycles. The molecule has 0 unspecified atom stereocenters. The van der Waals surface area contributed by atoms with Crippen LogP contribution in [-0.4, -0.2) is 31.0 Å². The van der Waals surface area contributed by atoms with Gasteiger partial charge in [0.25, 0.3) is 20.2 Å². The third-order valence-electron chi connectivity index (χ3n) is 2.45. The van der Waals surface area contributed by atoms with E-state index < -0.39 is 35.8 Å². The average Bonchev–Trinajstić information content (AvgIpc) is 2.24. The van der Waals surface area contributed by atoms with Gasteiger partial charge in [0.15, 0.2) is 0 Å². The summed E-state index contributed by atoms with van der Waals surface area (Å²) in [5.74, 6) is -0.403. The standard InChI is InChI=1S/C10H8O7S2/c11-7-3-6-1-2-8(18(12,13)14)5-9(6)10(4-7)19(15,16)17/h1-5,11H,(H,12,13,14)(H,15,16,17). The van der Waals surface area contributed by atoms with E-state index in [1.807, 2.05) is 0 Å². The molecule has 9 heteroatoms. The molecule has 3 N–H and O–H groups in total. The van der Waals surface area contributed by atoms with Crippen LogP contribution < -0.4 is 0 Å². The van der Waals surface area contributed by atoms with Gasteiger partial charge in [-0.25, -0.2) is 0 Å². The summed E-state index contributed by atoms with van der Waals surface area (Å²) in [4.78, 5) is -1.16. The molecule has 2 rings (SSSR count). The molecule has 0 aromatic heterocycles. The first kappa shape index (κ1) is 13.7. The molecular formula is C10H8O7S2. The monoisotopic (exact) mass is 304 g/mol. The van der Waals surface area contributed by atoms with Crippen molar-refractivity contribution in [3.8, 4) is 5.75 Å². The van der Waals surface area contributed by atoms with Crippen LogP contribution in [-0.2, 0) is 20.2 Å². The van der Waals surface area contributed by atoms with E-state index in [2.05, 4.69) is 0 Å². The van der Waals surface area contributed by atoms with Crippen molar-refractivity contribution in [2.45, 2.75) is 9.79 Å². The molecule has 0 heterocycles. The second-order valence-electron chi connectivity index (χ2n) is 3.78. The van der Waals surface area contributed by atoms with Gasteiger partial charge < -0.3 is 5.11 Å². The second-order valence-corrected chi connectivity index (χ2v) is 6.59.